The Labute approximate surface area is 114 Å². The molecule has 1 saturated heterocycles. The number of pyridine rings is 1. The number of carbonyl (C=O) groups excluding carboxylic acids is 3. The maximum absolute atomic E-state index is 11.9. The average molecular weight is 269 g/mol. The van der Waals surface area contributed by atoms with Crippen LogP contribution in [0, 0.1) is 0 Å². The minimum atomic E-state index is -0.453. The monoisotopic (exact) mass is 269 g/mol. The molecule has 1 aromatic carbocycles. The van der Waals surface area contributed by atoms with Gasteiger partial charge in [0.2, 0.25) is 5.91 Å². The summed E-state index contributed by atoms with van der Waals surface area (Å²) in [6.45, 7) is 0.315. The molecule has 1 N–H and O–H groups in total. The van der Waals surface area contributed by atoms with E-state index in [1.54, 1.807) is 30.5 Å². The summed E-state index contributed by atoms with van der Waals surface area (Å²) in [7, 11) is 0. The Balaban J connectivity index is 2.13. The molecule has 0 unspecified atom stereocenters. The zero-order valence-corrected chi connectivity index (χ0v) is 10.5. The lowest BCUT2D eigenvalue weighted by atomic mass is 10.1. The highest BCUT2D eigenvalue weighted by atomic mass is 16.2. The normalized spacial score (nSPS) is 15.3. The number of aldehydes is 1. The number of benzene rings is 1. The highest BCUT2D eigenvalue weighted by molar-refractivity contribution is 6.09. The number of anilines is 1. The van der Waals surface area contributed by atoms with Crippen molar-refractivity contribution >= 4 is 34.8 Å². The number of imide groups is 1. The number of aromatic nitrogens is 1. The molecule has 20 heavy (non-hydrogen) atoms. The van der Waals surface area contributed by atoms with E-state index in [4.69, 9.17) is 0 Å². The van der Waals surface area contributed by atoms with Crippen LogP contribution in [-0.4, -0.2) is 29.8 Å². The van der Waals surface area contributed by atoms with E-state index in [1.165, 1.54) is 4.90 Å². The van der Waals surface area contributed by atoms with Gasteiger partial charge in [-0.1, -0.05) is 0 Å². The minimum Gasteiger partial charge on any atom is -0.298 e. The molecule has 3 amide bonds. The van der Waals surface area contributed by atoms with Gasteiger partial charge in [0.15, 0.2) is 0 Å². The van der Waals surface area contributed by atoms with Crippen LogP contribution in [0.25, 0.3) is 10.9 Å². The van der Waals surface area contributed by atoms with Crippen LogP contribution in [-0.2, 0) is 4.79 Å². The van der Waals surface area contributed by atoms with E-state index in [9.17, 15) is 14.4 Å². The van der Waals surface area contributed by atoms with Crippen molar-refractivity contribution in [3.05, 3.63) is 36.0 Å². The molecule has 0 atom stereocenters. The molecule has 100 valence electrons. The third-order valence-electron chi connectivity index (χ3n) is 3.22. The van der Waals surface area contributed by atoms with Crippen LogP contribution in [0.15, 0.2) is 30.5 Å². The molecule has 0 bridgehead atoms. The summed E-state index contributed by atoms with van der Waals surface area (Å²) in [6.07, 6.45) is 2.60. The molecule has 0 spiro atoms. The van der Waals surface area contributed by atoms with Gasteiger partial charge in [-0.15, -0.1) is 0 Å². The molecule has 0 aliphatic carbocycles. The number of nitrogens with zero attached hydrogens (tertiary/aromatic N) is 2. The molecule has 1 fully saturated rings. The summed E-state index contributed by atoms with van der Waals surface area (Å²) >= 11 is 0. The van der Waals surface area contributed by atoms with Crippen molar-refractivity contribution in [1.29, 1.82) is 0 Å². The minimum absolute atomic E-state index is 0.253. The van der Waals surface area contributed by atoms with E-state index < -0.39 is 6.03 Å². The standard InChI is InChI=1S/C14H11N3O3/c18-8-9-1-2-11-10(7-9)12(3-5-15-11)17-6-4-13(19)16-14(17)20/h1-3,5,7-8H,4,6H2,(H,16,19,20). The van der Waals surface area contributed by atoms with Gasteiger partial charge in [-0.2, -0.15) is 0 Å². The van der Waals surface area contributed by atoms with E-state index in [0.717, 1.165) is 6.29 Å². The number of nitrogens with one attached hydrogen (secondary N) is 1. The highest BCUT2D eigenvalue weighted by Gasteiger charge is 2.25. The Bertz CT molecular complexity index is 727. The molecule has 1 aliphatic heterocycles. The average Bonchev–Trinajstić information content (AvgIpc) is 2.46. The third kappa shape index (κ3) is 2.01. The van der Waals surface area contributed by atoms with Gasteiger partial charge in [0, 0.05) is 30.1 Å². The largest absolute Gasteiger partial charge is 0.328 e. The second-order valence-electron chi connectivity index (χ2n) is 4.48. The van der Waals surface area contributed by atoms with Crippen LogP contribution in [0.2, 0.25) is 0 Å². The number of amides is 3. The molecule has 1 aromatic heterocycles. The third-order valence-corrected chi connectivity index (χ3v) is 3.22. The molecular formula is C14H11N3O3. The number of hydrogen-bond acceptors (Lipinski definition) is 4. The first-order valence-electron chi connectivity index (χ1n) is 6.14. The van der Waals surface area contributed by atoms with Crippen molar-refractivity contribution < 1.29 is 14.4 Å². The fraction of sp³-hybridized carbons (Fsp3) is 0.143. The van der Waals surface area contributed by atoms with Gasteiger partial charge in [-0.05, 0) is 24.3 Å². The predicted octanol–water partition coefficient (Wildman–Crippen LogP) is 1.49. The lowest BCUT2D eigenvalue weighted by molar-refractivity contribution is -0.120. The number of urea groups is 1. The molecule has 0 saturated carbocycles. The smallest absolute Gasteiger partial charge is 0.298 e. The molecule has 2 aromatic rings. The molecule has 6 nitrogen and oxygen atoms in total. The molecule has 0 radical (unpaired) electrons. The van der Waals surface area contributed by atoms with Crippen molar-refractivity contribution in [2.75, 3.05) is 11.4 Å². The van der Waals surface area contributed by atoms with Crippen LogP contribution >= 0.6 is 0 Å². The summed E-state index contributed by atoms with van der Waals surface area (Å²) in [4.78, 5) is 39.7. The van der Waals surface area contributed by atoms with E-state index in [2.05, 4.69) is 10.3 Å². The summed E-state index contributed by atoms with van der Waals surface area (Å²) in [5.74, 6) is -0.279. The first kappa shape index (κ1) is 12.3. The zero-order chi connectivity index (χ0) is 14.1. The van der Waals surface area contributed by atoms with E-state index >= 15 is 0 Å². The van der Waals surface area contributed by atoms with Gasteiger partial charge >= 0.3 is 6.03 Å². The topological polar surface area (TPSA) is 79.4 Å². The van der Waals surface area contributed by atoms with Crippen molar-refractivity contribution in [2.24, 2.45) is 0 Å². The predicted molar refractivity (Wildman–Crippen MR) is 72.6 cm³/mol. The van der Waals surface area contributed by atoms with E-state index in [0.29, 0.717) is 28.7 Å². The summed E-state index contributed by atoms with van der Waals surface area (Å²) in [5, 5.41) is 2.99. The highest BCUT2D eigenvalue weighted by Crippen LogP contribution is 2.27. The first-order chi connectivity index (χ1) is 9.69. The van der Waals surface area contributed by atoms with Gasteiger partial charge in [0.1, 0.15) is 6.29 Å². The Hall–Kier alpha value is -2.76. The summed E-state index contributed by atoms with van der Waals surface area (Å²) in [5.41, 5.74) is 1.85. The van der Waals surface area contributed by atoms with Gasteiger partial charge < -0.3 is 0 Å². The fourth-order valence-electron chi connectivity index (χ4n) is 2.25. The Morgan fingerprint density at radius 1 is 1.25 bits per heavy atom. The van der Waals surface area contributed by atoms with Crippen LogP contribution in [0.3, 0.4) is 0 Å². The van der Waals surface area contributed by atoms with E-state index in [1.807, 2.05) is 0 Å². The quantitative estimate of drug-likeness (QED) is 0.838. The Morgan fingerprint density at radius 3 is 2.85 bits per heavy atom. The van der Waals surface area contributed by atoms with Crippen molar-refractivity contribution in [1.82, 2.24) is 10.3 Å². The lowest BCUT2D eigenvalue weighted by Gasteiger charge is -2.27. The van der Waals surface area contributed by atoms with Crippen LogP contribution in [0.5, 0.6) is 0 Å². The maximum Gasteiger partial charge on any atom is 0.328 e. The zero-order valence-electron chi connectivity index (χ0n) is 10.5. The fourth-order valence-corrected chi connectivity index (χ4v) is 2.25. The first-order valence-corrected chi connectivity index (χ1v) is 6.14. The Morgan fingerprint density at radius 2 is 2.10 bits per heavy atom. The van der Waals surface area contributed by atoms with Gasteiger partial charge in [0.25, 0.3) is 0 Å². The van der Waals surface area contributed by atoms with Crippen LogP contribution in [0.1, 0.15) is 16.8 Å². The number of hydrogen-bond donors (Lipinski definition) is 1. The van der Waals surface area contributed by atoms with E-state index in [-0.39, 0.29) is 12.3 Å². The van der Waals surface area contributed by atoms with Gasteiger partial charge in [-0.25, -0.2) is 4.79 Å². The van der Waals surface area contributed by atoms with Gasteiger partial charge in [-0.3, -0.25) is 24.8 Å². The summed E-state index contributed by atoms with van der Waals surface area (Å²) in [6, 6.07) is 6.34. The Kier molecular flexibility index (Phi) is 2.90. The SMILES string of the molecule is O=Cc1ccc2nccc(N3CCC(=O)NC3=O)c2c1. The molecule has 3 rings (SSSR count). The number of fused-ring (bicyclic) bond motifs is 1. The van der Waals surface area contributed by atoms with Gasteiger partial charge in [0.05, 0.1) is 11.2 Å². The maximum atomic E-state index is 11.9. The van der Waals surface area contributed by atoms with Crippen molar-refractivity contribution in [3.63, 3.8) is 0 Å². The second-order valence-corrected chi connectivity index (χ2v) is 4.48. The molecule has 1 aliphatic rings. The van der Waals surface area contributed by atoms with Crippen LogP contribution < -0.4 is 10.2 Å². The second kappa shape index (κ2) is 4.73. The molecular weight excluding hydrogens is 258 g/mol. The molecule has 2 heterocycles. The molecule has 6 heteroatoms. The lowest BCUT2D eigenvalue weighted by Crippen LogP contribution is -2.49. The number of rotatable bonds is 2. The van der Waals surface area contributed by atoms with Crippen LogP contribution in [0.4, 0.5) is 10.5 Å². The number of carbonyl (C=O) groups is 3. The van der Waals surface area contributed by atoms with Crippen molar-refractivity contribution in [3.8, 4) is 0 Å². The van der Waals surface area contributed by atoms with Crippen molar-refractivity contribution in [2.45, 2.75) is 6.42 Å². The summed E-state index contributed by atoms with van der Waals surface area (Å²) < 4.78 is 0.